The molecule has 7 heteroatoms. The molecule has 4 nitrogen and oxygen atoms in total. The fourth-order valence-corrected chi connectivity index (χ4v) is 2.94. The Morgan fingerprint density at radius 1 is 1.26 bits per heavy atom. The van der Waals surface area contributed by atoms with Gasteiger partial charge in [-0.25, -0.2) is 8.78 Å². The third-order valence-electron chi connectivity index (χ3n) is 4.44. The van der Waals surface area contributed by atoms with Gasteiger partial charge in [-0.05, 0) is 30.9 Å². The lowest BCUT2D eigenvalue weighted by Gasteiger charge is -2.21. The molecule has 0 amide bonds. The van der Waals surface area contributed by atoms with Gasteiger partial charge in [0.15, 0.2) is 5.96 Å². The van der Waals surface area contributed by atoms with E-state index < -0.39 is 11.6 Å². The lowest BCUT2D eigenvalue weighted by atomic mass is 10.2. The van der Waals surface area contributed by atoms with Crippen LogP contribution in [0.25, 0.3) is 0 Å². The van der Waals surface area contributed by atoms with E-state index >= 15 is 0 Å². The van der Waals surface area contributed by atoms with Gasteiger partial charge >= 0.3 is 0 Å². The molecule has 2 N–H and O–H groups in total. The maximum atomic E-state index is 13.8. The summed E-state index contributed by atoms with van der Waals surface area (Å²) < 4.78 is 27.7. The van der Waals surface area contributed by atoms with Gasteiger partial charge in [0.05, 0.1) is 0 Å². The minimum absolute atomic E-state index is 0. The summed E-state index contributed by atoms with van der Waals surface area (Å²) >= 11 is 0. The lowest BCUT2D eigenvalue weighted by Crippen LogP contribution is -2.45. The van der Waals surface area contributed by atoms with E-state index in [0.717, 1.165) is 18.8 Å². The molecule has 1 aliphatic carbocycles. The summed E-state index contributed by atoms with van der Waals surface area (Å²) in [5.74, 6) is 0.450. The van der Waals surface area contributed by atoms with Crippen molar-refractivity contribution in [3.8, 4) is 0 Å². The van der Waals surface area contributed by atoms with Crippen LogP contribution in [-0.4, -0.2) is 38.2 Å². The normalized spacial score (nSPS) is 26.7. The Morgan fingerprint density at radius 3 is 2.48 bits per heavy atom. The van der Waals surface area contributed by atoms with Crippen molar-refractivity contribution in [1.29, 1.82) is 0 Å². The number of benzene rings is 1. The van der Waals surface area contributed by atoms with E-state index in [9.17, 15) is 8.78 Å². The Bertz CT molecular complexity index is 561. The summed E-state index contributed by atoms with van der Waals surface area (Å²) in [6, 6.07) is 4.62. The van der Waals surface area contributed by atoms with Gasteiger partial charge in [0, 0.05) is 32.2 Å². The Labute approximate surface area is 152 Å². The minimum Gasteiger partial charge on any atom is -0.365 e. The number of hydrogen-bond acceptors (Lipinski definition) is 2. The summed E-state index contributed by atoms with van der Waals surface area (Å²) in [6.07, 6.45) is 1.99. The van der Waals surface area contributed by atoms with Crippen LogP contribution in [0, 0.1) is 17.6 Å². The number of anilines is 1. The van der Waals surface area contributed by atoms with E-state index in [1.165, 1.54) is 18.2 Å². The predicted octanol–water partition coefficient (Wildman–Crippen LogP) is 2.73. The molecule has 1 heterocycles. The molecule has 1 saturated carbocycles. The average Bonchev–Trinajstić information content (AvgIpc) is 2.97. The zero-order valence-corrected chi connectivity index (χ0v) is 15.7. The Kier molecular flexibility index (Phi) is 6.05. The first-order valence-electron chi connectivity index (χ1n) is 7.77. The van der Waals surface area contributed by atoms with Crippen LogP contribution in [0.3, 0.4) is 0 Å². The van der Waals surface area contributed by atoms with Crippen molar-refractivity contribution in [1.82, 2.24) is 10.6 Å². The number of aliphatic imine (C=N–C) groups is 1. The topological polar surface area (TPSA) is 39.7 Å². The predicted molar refractivity (Wildman–Crippen MR) is 99.6 cm³/mol. The van der Waals surface area contributed by atoms with Gasteiger partial charge in [0.25, 0.3) is 0 Å². The SMILES string of the molecule is CN=C(NC1CCN(c2c(F)cccc2F)C1)NC1CC1C.I. The number of rotatable bonds is 3. The molecule has 3 atom stereocenters. The van der Waals surface area contributed by atoms with Crippen LogP contribution in [0.15, 0.2) is 23.2 Å². The molecular weight excluding hydrogens is 413 g/mol. The zero-order chi connectivity index (χ0) is 15.7. The molecule has 3 unspecified atom stereocenters. The van der Waals surface area contributed by atoms with Crippen LogP contribution < -0.4 is 15.5 Å². The van der Waals surface area contributed by atoms with Crippen molar-refractivity contribution in [3.63, 3.8) is 0 Å². The van der Waals surface area contributed by atoms with E-state index in [1.54, 1.807) is 11.9 Å². The van der Waals surface area contributed by atoms with Gasteiger partial charge in [-0.2, -0.15) is 0 Å². The van der Waals surface area contributed by atoms with Crippen LogP contribution in [0.2, 0.25) is 0 Å². The maximum absolute atomic E-state index is 13.8. The van der Waals surface area contributed by atoms with E-state index in [2.05, 4.69) is 22.5 Å². The summed E-state index contributed by atoms with van der Waals surface area (Å²) in [5.41, 5.74) is 0.0746. The van der Waals surface area contributed by atoms with Crippen molar-refractivity contribution < 1.29 is 8.78 Å². The van der Waals surface area contributed by atoms with Gasteiger partial charge in [0.2, 0.25) is 0 Å². The molecule has 1 aromatic rings. The lowest BCUT2D eigenvalue weighted by molar-refractivity contribution is 0.575. The highest BCUT2D eigenvalue weighted by molar-refractivity contribution is 14.0. The molecule has 2 aliphatic rings. The first kappa shape index (κ1) is 18.2. The Balaban J connectivity index is 0.00000192. The second kappa shape index (κ2) is 7.63. The Morgan fingerprint density at radius 2 is 1.91 bits per heavy atom. The molecular formula is C16H23F2IN4. The molecule has 1 aromatic carbocycles. The maximum Gasteiger partial charge on any atom is 0.191 e. The third-order valence-corrected chi connectivity index (χ3v) is 4.44. The quantitative estimate of drug-likeness (QED) is 0.435. The molecule has 23 heavy (non-hydrogen) atoms. The molecule has 0 aromatic heterocycles. The van der Waals surface area contributed by atoms with Gasteiger partial charge in [-0.15, -0.1) is 24.0 Å². The van der Waals surface area contributed by atoms with Crippen LogP contribution in [-0.2, 0) is 0 Å². The molecule has 0 spiro atoms. The summed E-state index contributed by atoms with van der Waals surface area (Å²) in [4.78, 5) is 5.99. The summed E-state index contributed by atoms with van der Waals surface area (Å²) in [7, 11) is 1.74. The molecule has 0 radical (unpaired) electrons. The van der Waals surface area contributed by atoms with E-state index in [0.29, 0.717) is 25.0 Å². The van der Waals surface area contributed by atoms with E-state index in [1.807, 2.05) is 0 Å². The minimum atomic E-state index is -0.505. The van der Waals surface area contributed by atoms with E-state index in [4.69, 9.17) is 0 Å². The third kappa shape index (κ3) is 4.24. The first-order chi connectivity index (χ1) is 10.6. The van der Waals surface area contributed by atoms with Gasteiger partial charge in [-0.1, -0.05) is 13.0 Å². The second-order valence-corrected chi connectivity index (χ2v) is 6.18. The number of hydrogen-bond donors (Lipinski definition) is 2. The van der Waals surface area contributed by atoms with Crippen molar-refractivity contribution >= 4 is 35.6 Å². The van der Waals surface area contributed by atoms with Crippen molar-refractivity contribution in [2.45, 2.75) is 31.8 Å². The summed E-state index contributed by atoms with van der Waals surface area (Å²) in [5, 5.41) is 6.72. The molecule has 0 bridgehead atoms. The number of nitrogens with zero attached hydrogens (tertiary/aromatic N) is 2. The highest BCUT2D eigenvalue weighted by Crippen LogP contribution is 2.29. The molecule has 1 aliphatic heterocycles. The zero-order valence-electron chi connectivity index (χ0n) is 13.4. The molecule has 2 fully saturated rings. The van der Waals surface area contributed by atoms with Crippen LogP contribution in [0.4, 0.5) is 14.5 Å². The van der Waals surface area contributed by atoms with Crippen LogP contribution in [0.5, 0.6) is 0 Å². The van der Waals surface area contributed by atoms with Crippen molar-refractivity contribution in [3.05, 3.63) is 29.8 Å². The molecule has 128 valence electrons. The van der Waals surface area contributed by atoms with Gasteiger partial charge in [0.1, 0.15) is 17.3 Å². The number of para-hydroxylation sites is 1. The standard InChI is InChI=1S/C16H22F2N4.HI/c1-10-8-14(10)21-16(19-2)20-11-6-7-22(9-11)15-12(17)4-3-5-13(15)18;/h3-5,10-11,14H,6-9H2,1-2H3,(H2,19,20,21);1H. The van der Waals surface area contributed by atoms with Gasteiger partial charge in [-0.3, -0.25) is 4.99 Å². The highest BCUT2D eigenvalue weighted by Gasteiger charge is 2.34. The average molecular weight is 436 g/mol. The number of guanidine groups is 1. The van der Waals surface area contributed by atoms with Crippen LogP contribution >= 0.6 is 24.0 Å². The second-order valence-electron chi connectivity index (χ2n) is 6.18. The monoisotopic (exact) mass is 436 g/mol. The first-order valence-corrected chi connectivity index (χ1v) is 7.77. The number of halogens is 3. The fourth-order valence-electron chi connectivity index (χ4n) is 2.94. The number of nitrogens with one attached hydrogen (secondary N) is 2. The molecule has 1 saturated heterocycles. The Hall–Kier alpha value is -1.12. The van der Waals surface area contributed by atoms with Crippen molar-refractivity contribution in [2.24, 2.45) is 10.9 Å². The van der Waals surface area contributed by atoms with Gasteiger partial charge < -0.3 is 15.5 Å². The van der Waals surface area contributed by atoms with Crippen LogP contribution in [0.1, 0.15) is 19.8 Å². The highest BCUT2D eigenvalue weighted by atomic mass is 127. The largest absolute Gasteiger partial charge is 0.365 e. The van der Waals surface area contributed by atoms with Crippen molar-refractivity contribution in [2.75, 3.05) is 25.0 Å². The smallest absolute Gasteiger partial charge is 0.191 e. The van der Waals surface area contributed by atoms with E-state index in [-0.39, 0.29) is 35.7 Å². The summed E-state index contributed by atoms with van der Waals surface area (Å²) in [6.45, 7) is 3.40. The molecule has 3 rings (SSSR count). The fraction of sp³-hybridized carbons (Fsp3) is 0.562.